The Bertz CT molecular complexity index is 899. The molecule has 3 aromatic rings. The van der Waals surface area contributed by atoms with Crippen molar-refractivity contribution in [3.8, 4) is 5.75 Å². The van der Waals surface area contributed by atoms with Crippen LogP contribution in [0.2, 0.25) is 0 Å². The predicted molar refractivity (Wildman–Crippen MR) is 94.1 cm³/mol. The molecular weight excluding hydrogens is 326 g/mol. The number of amides is 1. The molecule has 1 N–H and O–H groups in total. The maximum absolute atomic E-state index is 12.5. The smallest absolute Gasteiger partial charge is 0.350 e. The number of carbonyl (C=O) groups is 2. The van der Waals surface area contributed by atoms with Crippen LogP contribution in [0, 0.1) is 0 Å². The van der Waals surface area contributed by atoms with Crippen LogP contribution in [0.5, 0.6) is 5.75 Å². The summed E-state index contributed by atoms with van der Waals surface area (Å²) in [4.78, 5) is 24.9. The molecule has 2 aromatic carbocycles. The number of nitrogens with one attached hydrogen (secondary N) is 1. The average Bonchev–Trinajstić information content (AvgIpc) is 2.99. The first-order valence-electron chi connectivity index (χ1n) is 7.19. The minimum Gasteiger partial charge on any atom is -0.497 e. The minimum atomic E-state index is -0.471. The Kier molecular flexibility index (Phi) is 4.48. The van der Waals surface area contributed by atoms with E-state index in [1.807, 2.05) is 24.3 Å². The number of rotatable bonds is 4. The molecule has 0 saturated carbocycles. The topological polar surface area (TPSA) is 64.6 Å². The third kappa shape index (κ3) is 2.96. The number of benzene rings is 2. The first kappa shape index (κ1) is 16.0. The molecule has 1 amide bonds. The Morgan fingerprint density at radius 1 is 1.00 bits per heavy atom. The first-order chi connectivity index (χ1) is 11.6. The third-order valence-electron chi connectivity index (χ3n) is 3.56. The molecule has 0 atom stereocenters. The summed E-state index contributed by atoms with van der Waals surface area (Å²) in [5.41, 5.74) is 0.949. The Labute approximate surface area is 142 Å². The maximum Gasteiger partial charge on any atom is 0.350 e. The molecule has 0 saturated heterocycles. The summed E-state index contributed by atoms with van der Waals surface area (Å²) in [7, 11) is 2.89. The van der Waals surface area contributed by atoms with Crippen LogP contribution in [-0.2, 0) is 4.74 Å². The van der Waals surface area contributed by atoms with Crippen LogP contribution in [-0.4, -0.2) is 26.1 Å². The molecule has 0 aliphatic carbocycles. The van der Waals surface area contributed by atoms with Gasteiger partial charge in [-0.3, -0.25) is 4.79 Å². The minimum absolute atomic E-state index is 0.300. The molecule has 0 bridgehead atoms. The Hall–Kier alpha value is -2.86. The highest BCUT2D eigenvalue weighted by Gasteiger charge is 2.21. The van der Waals surface area contributed by atoms with Crippen LogP contribution in [0.4, 0.5) is 5.69 Å². The van der Waals surface area contributed by atoms with Gasteiger partial charge in [-0.25, -0.2) is 4.79 Å². The van der Waals surface area contributed by atoms with Crippen LogP contribution in [0.1, 0.15) is 20.0 Å². The number of fused-ring (bicyclic) bond motifs is 1. The van der Waals surface area contributed by atoms with Crippen molar-refractivity contribution in [3.05, 3.63) is 59.0 Å². The number of methoxy groups -OCH3 is 2. The number of hydrogen-bond donors (Lipinski definition) is 1. The standard InChI is InChI=1S/C18H15NO4S/c1-22-12-9-7-11(8-10-12)17(20)19-15-13-5-3-4-6-14(13)24-16(15)18(21)23-2/h3-10H,1-2H3,(H,19,20). The second-order valence-corrected chi connectivity index (χ2v) is 6.03. The second kappa shape index (κ2) is 6.72. The van der Waals surface area contributed by atoms with Crippen molar-refractivity contribution >= 4 is 39.0 Å². The van der Waals surface area contributed by atoms with Gasteiger partial charge < -0.3 is 14.8 Å². The van der Waals surface area contributed by atoms with Gasteiger partial charge in [0.05, 0.1) is 19.9 Å². The molecule has 0 aliphatic rings. The number of thiophene rings is 1. The van der Waals surface area contributed by atoms with E-state index >= 15 is 0 Å². The fourth-order valence-corrected chi connectivity index (χ4v) is 3.41. The second-order valence-electron chi connectivity index (χ2n) is 4.98. The summed E-state index contributed by atoms with van der Waals surface area (Å²) in [6, 6.07) is 14.3. The summed E-state index contributed by atoms with van der Waals surface area (Å²) in [5, 5.41) is 3.64. The van der Waals surface area contributed by atoms with E-state index in [1.165, 1.54) is 18.4 Å². The molecule has 24 heavy (non-hydrogen) atoms. The zero-order chi connectivity index (χ0) is 17.1. The van der Waals surface area contributed by atoms with E-state index < -0.39 is 5.97 Å². The van der Waals surface area contributed by atoms with E-state index in [-0.39, 0.29) is 5.91 Å². The highest BCUT2D eigenvalue weighted by Crippen LogP contribution is 2.36. The number of anilines is 1. The Balaban J connectivity index is 1.98. The maximum atomic E-state index is 12.5. The number of ether oxygens (including phenoxy) is 2. The van der Waals surface area contributed by atoms with E-state index in [1.54, 1.807) is 31.4 Å². The molecule has 1 heterocycles. The van der Waals surface area contributed by atoms with Crippen molar-refractivity contribution in [1.82, 2.24) is 0 Å². The zero-order valence-corrected chi connectivity index (χ0v) is 14.0. The SMILES string of the molecule is COC(=O)c1sc2ccccc2c1NC(=O)c1ccc(OC)cc1. The molecule has 3 rings (SSSR count). The number of hydrogen-bond acceptors (Lipinski definition) is 5. The van der Waals surface area contributed by atoms with Gasteiger partial charge in [0.25, 0.3) is 5.91 Å². The van der Waals surface area contributed by atoms with E-state index in [0.29, 0.717) is 21.9 Å². The molecule has 0 radical (unpaired) electrons. The lowest BCUT2D eigenvalue weighted by molar-refractivity contribution is 0.0607. The number of carbonyl (C=O) groups excluding carboxylic acids is 2. The van der Waals surface area contributed by atoms with E-state index in [9.17, 15) is 9.59 Å². The Morgan fingerprint density at radius 2 is 1.71 bits per heavy atom. The van der Waals surface area contributed by atoms with Crippen LogP contribution in [0.25, 0.3) is 10.1 Å². The highest BCUT2D eigenvalue weighted by molar-refractivity contribution is 7.21. The zero-order valence-electron chi connectivity index (χ0n) is 13.2. The highest BCUT2D eigenvalue weighted by atomic mass is 32.1. The molecule has 0 aliphatic heterocycles. The summed E-state index contributed by atoms with van der Waals surface area (Å²) >= 11 is 1.29. The molecule has 122 valence electrons. The largest absolute Gasteiger partial charge is 0.497 e. The quantitative estimate of drug-likeness (QED) is 0.730. The summed E-state index contributed by atoms with van der Waals surface area (Å²) in [5.74, 6) is -0.102. The van der Waals surface area contributed by atoms with Crippen molar-refractivity contribution in [1.29, 1.82) is 0 Å². The predicted octanol–water partition coefficient (Wildman–Crippen LogP) is 3.95. The molecule has 5 nitrogen and oxygen atoms in total. The fourth-order valence-electron chi connectivity index (χ4n) is 2.33. The van der Waals surface area contributed by atoms with Gasteiger partial charge in [0.1, 0.15) is 10.6 Å². The average molecular weight is 341 g/mol. The van der Waals surface area contributed by atoms with Gasteiger partial charge in [-0.1, -0.05) is 18.2 Å². The molecular formula is C18H15NO4S. The molecule has 0 unspecified atom stereocenters. The van der Waals surface area contributed by atoms with Gasteiger partial charge in [-0.2, -0.15) is 0 Å². The van der Waals surface area contributed by atoms with E-state index in [4.69, 9.17) is 9.47 Å². The van der Waals surface area contributed by atoms with Crippen molar-refractivity contribution in [2.75, 3.05) is 19.5 Å². The number of esters is 1. The van der Waals surface area contributed by atoms with Crippen molar-refractivity contribution in [3.63, 3.8) is 0 Å². The normalized spacial score (nSPS) is 10.4. The Morgan fingerprint density at radius 3 is 2.38 bits per heavy atom. The van der Waals surface area contributed by atoms with Gasteiger partial charge in [-0.05, 0) is 30.3 Å². The lowest BCUT2D eigenvalue weighted by Crippen LogP contribution is -2.14. The van der Waals surface area contributed by atoms with Gasteiger partial charge >= 0.3 is 5.97 Å². The molecule has 6 heteroatoms. The van der Waals surface area contributed by atoms with Gasteiger partial charge in [0.15, 0.2) is 0 Å². The monoisotopic (exact) mass is 341 g/mol. The van der Waals surface area contributed by atoms with Gasteiger partial charge in [-0.15, -0.1) is 11.3 Å². The van der Waals surface area contributed by atoms with Crippen LogP contribution in [0.15, 0.2) is 48.5 Å². The van der Waals surface area contributed by atoms with Crippen molar-refractivity contribution in [2.24, 2.45) is 0 Å². The summed E-state index contributed by atoms with van der Waals surface area (Å²) in [6.45, 7) is 0. The van der Waals surface area contributed by atoms with Crippen molar-refractivity contribution < 1.29 is 19.1 Å². The van der Waals surface area contributed by atoms with Crippen LogP contribution >= 0.6 is 11.3 Å². The summed E-state index contributed by atoms with van der Waals surface area (Å²) < 4.78 is 10.8. The van der Waals surface area contributed by atoms with Crippen LogP contribution in [0.3, 0.4) is 0 Å². The van der Waals surface area contributed by atoms with E-state index in [2.05, 4.69) is 5.32 Å². The van der Waals surface area contributed by atoms with Crippen LogP contribution < -0.4 is 10.1 Å². The van der Waals surface area contributed by atoms with Crippen molar-refractivity contribution in [2.45, 2.75) is 0 Å². The summed E-state index contributed by atoms with van der Waals surface area (Å²) in [6.07, 6.45) is 0. The molecule has 0 fully saturated rings. The third-order valence-corrected chi connectivity index (χ3v) is 4.71. The van der Waals surface area contributed by atoms with Gasteiger partial charge in [0.2, 0.25) is 0 Å². The van der Waals surface area contributed by atoms with E-state index in [0.717, 1.165) is 10.1 Å². The van der Waals surface area contributed by atoms with Gasteiger partial charge in [0, 0.05) is 15.6 Å². The molecule has 1 aromatic heterocycles. The first-order valence-corrected chi connectivity index (χ1v) is 8.01. The lowest BCUT2D eigenvalue weighted by Gasteiger charge is -2.07. The fraction of sp³-hybridized carbons (Fsp3) is 0.111. The lowest BCUT2D eigenvalue weighted by atomic mass is 10.1. The molecule has 0 spiro atoms.